The molecule has 4 rings (SSSR count). The molecule has 2 aromatic carbocycles. The van der Waals surface area contributed by atoms with E-state index in [4.69, 9.17) is 14.2 Å². The molecule has 1 heterocycles. The second-order valence-electron chi connectivity index (χ2n) is 9.17. The Balaban J connectivity index is 1.77. The van der Waals surface area contributed by atoms with Crippen molar-refractivity contribution in [3.8, 4) is 11.5 Å². The Morgan fingerprint density at radius 3 is 2.43 bits per heavy atom. The first kappa shape index (κ1) is 25.9. The summed E-state index contributed by atoms with van der Waals surface area (Å²) in [6, 6.07) is 14.0. The summed E-state index contributed by atoms with van der Waals surface area (Å²) in [6.07, 6.45) is 3.00. The zero-order valence-electron chi connectivity index (χ0n) is 21.3. The Hall–Kier alpha value is -4.14. The largest absolute Gasteiger partial charge is 0.493 e. The van der Waals surface area contributed by atoms with Gasteiger partial charge in [-0.1, -0.05) is 42.5 Å². The van der Waals surface area contributed by atoms with Crippen LogP contribution in [0.3, 0.4) is 0 Å². The number of carboxylic acids is 1. The highest BCUT2D eigenvalue weighted by atomic mass is 16.7. The summed E-state index contributed by atoms with van der Waals surface area (Å²) in [5.41, 5.74) is 0.538. The summed E-state index contributed by atoms with van der Waals surface area (Å²) in [5, 5.41) is 12.1. The maximum atomic E-state index is 14.0. The first-order chi connectivity index (χ1) is 17.7. The molecule has 1 N–H and O–H groups in total. The molecule has 37 heavy (non-hydrogen) atoms. The molecule has 1 aromatic heterocycles. The van der Waals surface area contributed by atoms with Crippen LogP contribution in [-0.4, -0.2) is 58.8 Å². The normalized spacial score (nSPS) is 15.4. The number of hydrogen-bond donors (Lipinski definition) is 1. The van der Waals surface area contributed by atoms with Gasteiger partial charge in [-0.05, 0) is 43.0 Å². The van der Waals surface area contributed by atoms with Crippen LogP contribution in [0, 0.1) is 0 Å². The van der Waals surface area contributed by atoms with Crippen LogP contribution < -0.4 is 9.47 Å². The van der Waals surface area contributed by atoms with Gasteiger partial charge in [0.05, 0.1) is 7.11 Å². The van der Waals surface area contributed by atoms with Crippen molar-refractivity contribution < 1.29 is 33.7 Å². The minimum absolute atomic E-state index is 0.0268. The van der Waals surface area contributed by atoms with Gasteiger partial charge in [-0.2, -0.15) is 0 Å². The van der Waals surface area contributed by atoms with Gasteiger partial charge in [-0.25, -0.2) is 9.78 Å². The maximum Gasteiger partial charge on any atom is 0.326 e. The number of pyridine rings is 1. The van der Waals surface area contributed by atoms with Gasteiger partial charge in [-0.3, -0.25) is 9.59 Å². The van der Waals surface area contributed by atoms with Crippen molar-refractivity contribution in [2.75, 3.05) is 13.9 Å². The second kappa shape index (κ2) is 10.5. The summed E-state index contributed by atoms with van der Waals surface area (Å²) in [4.78, 5) is 43.1. The molecular weight excluding hydrogens is 476 g/mol. The number of hydrogen-bond acceptors (Lipinski definition) is 7. The summed E-state index contributed by atoms with van der Waals surface area (Å²) in [6.45, 7) is 4.14. The number of ether oxygens (including phenoxy) is 3. The summed E-state index contributed by atoms with van der Waals surface area (Å²) in [7, 11) is 1.41. The highest BCUT2D eigenvalue weighted by Gasteiger charge is 2.54. The molecule has 1 fully saturated rings. The molecule has 9 nitrogen and oxygen atoms in total. The molecule has 0 spiro atoms. The molecule has 1 aliphatic carbocycles. The molecule has 2 unspecified atom stereocenters. The van der Waals surface area contributed by atoms with Crippen molar-refractivity contribution in [2.45, 2.75) is 51.1 Å². The number of carboxylic acid groups (broad SMARTS) is 1. The number of carbonyl (C=O) groups excluding carboxylic acids is 2. The van der Waals surface area contributed by atoms with Gasteiger partial charge in [-0.15, -0.1) is 0 Å². The smallest absolute Gasteiger partial charge is 0.326 e. The van der Waals surface area contributed by atoms with E-state index >= 15 is 0 Å². The highest BCUT2D eigenvalue weighted by molar-refractivity contribution is 5.98. The Labute approximate surface area is 215 Å². The molecule has 0 saturated heterocycles. The van der Waals surface area contributed by atoms with Gasteiger partial charge in [0.2, 0.25) is 6.79 Å². The van der Waals surface area contributed by atoms with Crippen molar-refractivity contribution in [2.24, 2.45) is 0 Å². The summed E-state index contributed by atoms with van der Waals surface area (Å²) >= 11 is 0. The molecule has 1 saturated carbocycles. The number of benzene rings is 2. The monoisotopic (exact) mass is 506 g/mol. The van der Waals surface area contributed by atoms with E-state index in [2.05, 4.69) is 17.1 Å². The van der Waals surface area contributed by atoms with Gasteiger partial charge >= 0.3 is 11.9 Å². The Morgan fingerprint density at radius 2 is 1.78 bits per heavy atom. The van der Waals surface area contributed by atoms with E-state index in [0.717, 1.165) is 29.2 Å². The first-order valence-corrected chi connectivity index (χ1v) is 12.0. The van der Waals surface area contributed by atoms with Crippen LogP contribution in [0.5, 0.6) is 11.5 Å². The van der Waals surface area contributed by atoms with Gasteiger partial charge < -0.3 is 24.2 Å². The van der Waals surface area contributed by atoms with Crippen molar-refractivity contribution in [3.05, 3.63) is 66.0 Å². The van der Waals surface area contributed by atoms with Crippen LogP contribution >= 0.6 is 0 Å². The van der Waals surface area contributed by atoms with E-state index < -0.39 is 42.1 Å². The van der Waals surface area contributed by atoms with Crippen LogP contribution in [-0.2, 0) is 19.7 Å². The zero-order chi connectivity index (χ0) is 26.7. The molecule has 0 radical (unpaired) electrons. The number of nitrogens with zero attached hydrogens (tertiary/aromatic N) is 2. The number of fused-ring (bicyclic) bond motifs is 1. The van der Waals surface area contributed by atoms with E-state index in [1.54, 1.807) is 0 Å². The van der Waals surface area contributed by atoms with Crippen LogP contribution in [0.25, 0.3) is 10.8 Å². The average molecular weight is 507 g/mol. The molecule has 3 aromatic rings. The summed E-state index contributed by atoms with van der Waals surface area (Å²) < 4.78 is 15.8. The van der Waals surface area contributed by atoms with Gasteiger partial charge in [0.25, 0.3) is 5.91 Å². The number of carbonyl (C=O) groups is 3. The van der Waals surface area contributed by atoms with Crippen LogP contribution in [0.2, 0.25) is 0 Å². The fraction of sp³-hybridized carbons (Fsp3) is 0.357. The van der Waals surface area contributed by atoms with E-state index in [9.17, 15) is 19.5 Å². The number of rotatable bonds is 10. The molecule has 0 bridgehead atoms. The molecule has 1 aliphatic rings. The lowest BCUT2D eigenvalue weighted by Gasteiger charge is -2.38. The minimum atomic E-state index is -1.15. The number of aromatic nitrogens is 1. The Morgan fingerprint density at radius 1 is 1.08 bits per heavy atom. The van der Waals surface area contributed by atoms with E-state index in [0.29, 0.717) is 0 Å². The standard InChI is InChI=1S/C28H30N2O7/c1-17(27(33)34)30(26(32)24-25(37-16-36-19(3)31)23(35-4)12-15-29-24)18(2)28(13-14-28)22-11-7-9-20-8-5-6-10-21(20)22/h5-12,15,17-18H,13-14,16H2,1-4H3,(H,33,34). The average Bonchev–Trinajstić information content (AvgIpc) is 3.70. The number of amides is 1. The van der Waals surface area contributed by atoms with E-state index in [1.807, 2.05) is 37.3 Å². The van der Waals surface area contributed by atoms with Crippen LogP contribution in [0.4, 0.5) is 0 Å². The third kappa shape index (κ3) is 4.94. The fourth-order valence-electron chi connectivity index (χ4n) is 4.96. The lowest BCUT2D eigenvalue weighted by molar-refractivity contribution is -0.147. The summed E-state index contributed by atoms with van der Waals surface area (Å²) in [5.74, 6) is -2.14. The molecule has 2 atom stereocenters. The second-order valence-corrected chi connectivity index (χ2v) is 9.17. The molecule has 1 amide bonds. The maximum absolute atomic E-state index is 14.0. The van der Waals surface area contributed by atoms with Crippen molar-refractivity contribution >= 4 is 28.6 Å². The van der Waals surface area contributed by atoms with Crippen molar-refractivity contribution in [3.63, 3.8) is 0 Å². The lowest BCUT2D eigenvalue weighted by Crippen LogP contribution is -2.53. The number of esters is 1. The van der Waals surface area contributed by atoms with Crippen molar-refractivity contribution in [1.82, 2.24) is 9.88 Å². The predicted octanol–water partition coefficient (Wildman–Crippen LogP) is 4.18. The topological polar surface area (TPSA) is 115 Å². The van der Waals surface area contributed by atoms with Gasteiger partial charge in [0, 0.05) is 30.6 Å². The lowest BCUT2D eigenvalue weighted by atomic mass is 9.84. The molecule has 9 heteroatoms. The third-order valence-corrected chi connectivity index (χ3v) is 7.10. The SMILES string of the molecule is COc1ccnc(C(=O)N(C(C)C(=O)O)C(C)C2(c3cccc4ccccc34)CC2)c1OCOC(C)=O. The molecule has 194 valence electrons. The van der Waals surface area contributed by atoms with Gasteiger partial charge in [0.1, 0.15) is 6.04 Å². The fourth-order valence-corrected chi connectivity index (χ4v) is 4.96. The minimum Gasteiger partial charge on any atom is -0.493 e. The predicted molar refractivity (Wildman–Crippen MR) is 136 cm³/mol. The van der Waals surface area contributed by atoms with Crippen LogP contribution in [0.15, 0.2) is 54.7 Å². The third-order valence-electron chi connectivity index (χ3n) is 7.10. The quantitative estimate of drug-likeness (QED) is 0.322. The highest BCUT2D eigenvalue weighted by Crippen LogP contribution is 2.54. The zero-order valence-corrected chi connectivity index (χ0v) is 21.3. The van der Waals surface area contributed by atoms with E-state index in [-0.39, 0.29) is 17.2 Å². The number of methoxy groups -OCH3 is 1. The molecule has 0 aliphatic heterocycles. The first-order valence-electron chi connectivity index (χ1n) is 12.0. The van der Waals surface area contributed by atoms with E-state index in [1.165, 1.54) is 38.1 Å². The number of aliphatic carboxylic acids is 1. The van der Waals surface area contributed by atoms with Crippen molar-refractivity contribution in [1.29, 1.82) is 0 Å². The van der Waals surface area contributed by atoms with Gasteiger partial charge in [0.15, 0.2) is 17.2 Å². The van der Waals surface area contributed by atoms with Crippen LogP contribution in [0.1, 0.15) is 49.7 Å². The Bertz CT molecular complexity index is 1330. The Kier molecular flexibility index (Phi) is 7.33. The molecular formula is C28H30N2O7.